The maximum absolute atomic E-state index is 5.82. The molecule has 2 nitrogen and oxygen atoms in total. The molecule has 18 heavy (non-hydrogen) atoms. The lowest BCUT2D eigenvalue weighted by Crippen LogP contribution is -2.42. The highest BCUT2D eigenvalue weighted by Crippen LogP contribution is 2.34. The third-order valence-corrected chi connectivity index (χ3v) is 4.40. The van der Waals surface area contributed by atoms with Crippen LogP contribution in [0.1, 0.15) is 60.3 Å². The van der Waals surface area contributed by atoms with E-state index in [0.717, 1.165) is 30.9 Å². The van der Waals surface area contributed by atoms with E-state index in [2.05, 4.69) is 39.9 Å². The largest absolute Gasteiger partial charge is 0.377 e. The molecule has 0 radical (unpaired) electrons. The summed E-state index contributed by atoms with van der Waals surface area (Å²) in [4.78, 5) is 0. The first-order valence-electron chi connectivity index (χ1n) is 7.89. The van der Waals surface area contributed by atoms with E-state index in [-0.39, 0.29) is 0 Å². The van der Waals surface area contributed by atoms with E-state index in [1.54, 1.807) is 0 Å². The summed E-state index contributed by atoms with van der Waals surface area (Å²) in [5.74, 6) is 2.63. The quantitative estimate of drug-likeness (QED) is 0.746. The Balaban J connectivity index is 2.39. The number of rotatable bonds is 7. The van der Waals surface area contributed by atoms with Gasteiger partial charge in [0.25, 0.3) is 0 Å². The van der Waals surface area contributed by atoms with E-state index >= 15 is 0 Å². The smallest absolute Gasteiger partial charge is 0.0625 e. The molecule has 0 aromatic heterocycles. The molecule has 0 spiro atoms. The molecule has 1 saturated carbocycles. The van der Waals surface area contributed by atoms with Crippen LogP contribution < -0.4 is 5.32 Å². The van der Waals surface area contributed by atoms with Gasteiger partial charge in [0.05, 0.1) is 12.7 Å². The Labute approximate surface area is 114 Å². The van der Waals surface area contributed by atoms with E-state index in [9.17, 15) is 0 Å². The van der Waals surface area contributed by atoms with Crippen molar-refractivity contribution in [2.45, 2.75) is 72.4 Å². The lowest BCUT2D eigenvalue weighted by molar-refractivity contribution is 0.0391. The highest BCUT2D eigenvalue weighted by atomic mass is 16.5. The second kappa shape index (κ2) is 8.16. The maximum Gasteiger partial charge on any atom is 0.0625 e. The Morgan fingerprint density at radius 2 is 1.56 bits per heavy atom. The number of nitrogens with one attached hydrogen (secondary N) is 1. The average Bonchev–Trinajstić information content (AvgIpc) is 2.34. The van der Waals surface area contributed by atoms with Crippen LogP contribution in [-0.2, 0) is 4.74 Å². The number of likely N-dealkylation sites (N-methyl/N-ethyl adjacent to an activating group) is 1. The highest BCUT2D eigenvalue weighted by molar-refractivity contribution is 4.82. The van der Waals surface area contributed by atoms with Crippen LogP contribution in [0.25, 0.3) is 0 Å². The molecule has 1 aliphatic carbocycles. The van der Waals surface area contributed by atoms with Gasteiger partial charge in [-0.05, 0) is 63.8 Å². The van der Waals surface area contributed by atoms with Crippen molar-refractivity contribution in [1.82, 2.24) is 5.32 Å². The van der Waals surface area contributed by atoms with Crippen molar-refractivity contribution in [3.63, 3.8) is 0 Å². The zero-order valence-electron chi connectivity index (χ0n) is 13.0. The molecule has 0 aromatic carbocycles. The minimum atomic E-state index is 0.346. The predicted molar refractivity (Wildman–Crippen MR) is 78.8 cm³/mol. The van der Waals surface area contributed by atoms with Gasteiger partial charge >= 0.3 is 0 Å². The van der Waals surface area contributed by atoms with E-state index in [1.165, 1.54) is 25.7 Å². The molecule has 1 atom stereocenters. The highest BCUT2D eigenvalue weighted by Gasteiger charge is 2.28. The van der Waals surface area contributed by atoms with Crippen molar-refractivity contribution in [1.29, 1.82) is 0 Å². The molecule has 108 valence electrons. The molecule has 0 heterocycles. The minimum absolute atomic E-state index is 0.346. The molecule has 1 N–H and O–H groups in total. The fourth-order valence-electron chi connectivity index (χ4n) is 3.13. The molecule has 0 aliphatic heterocycles. The molecule has 0 bridgehead atoms. The molecular formula is C16H33NO. The fraction of sp³-hybridized carbons (Fsp3) is 1.00. The maximum atomic E-state index is 5.82. The van der Waals surface area contributed by atoms with Gasteiger partial charge in [-0.15, -0.1) is 0 Å². The third-order valence-electron chi connectivity index (χ3n) is 4.40. The summed E-state index contributed by atoms with van der Waals surface area (Å²) < 4.78 is 5.82. The van der Waals surface area contributed by atoms with Gasteiger partial charge in [0.1, 0.15) is 0 Å². The van der Waals surface area contributed by atoms with Gasteiger partial charge in [0, 0.05) is 6.04 Å². The van der Waals surface area contributed by atoms with Crippen LogP contribution >= 0.6 is 0 Å². The summed E-state index contributed by atoms with van der Waals surface area (Å²) in [5.41, 5.74) is 0. The summed E-state index contributed by atoms with van der Waals surface area (Å²) >= 11 is 0. The second-order valence-electron chi connectivity index (χ2n) is 6.47. The lowest BCUT2D eigenvalue weighted by Gasteiger charge is -2.36. The van der Waals surface area contributed by atoms with Gasteiger partial charge in [-0.1, -0.05) is 20.8 Å². The van der Waals surface area contributed by atoms with Gasteiger partial charge in [-0.25, -0.2) is 0 Å². The fourth-order valence-corrected chi connectivity index (χ4v) is 3.13. The van der Waals surface area contributed by atoms with Crippen molar-refractivity contribution in [3.05, 3.63) is 0 Å². The molecule has 0 aromatic rings. The van der Waals surface area contributed by atoms with Crippen molar-refractivity contribution in [3.8, 4) is 0 Å². The van der Waals surface area contributed by atoms with Crippen LogP contribution in [0.4, 0.5) is 0 Å². The van der Waals surface area contributed by atoms with Gasteiger partial charge in [0.2, 0.25) is 0 Å². The topological polar surface area (TPSA) is 21.3 Å². The summed E-state index contributed by atoms with van der Waals surface area (Å²) in [6.07, 6.45) is 5.92. The molecular weight excluding hydrogens is 222 g/mol. The number of hydrogen-bond donors (Lipinski definition) is 1. The first kappa shape index (κ1) is 16.0. The van der Waals surface area contributed by atoms with Crippen molar-refractivity contribution >= 4 is 0 Å². The first-order valence-corrected chi connectivity index (χ1v) is 7.89. The Morgan fingerprint density at radius 3 is 2.00 bits per heavy atom. The average molecular weight is 255 g/mol. The zero-order chi connectivity index (χ0) is 13.5. The van der Waals surface area contributed by atoms with E-state index in [4.69, 9.17) is 4.74 Å². The lowest BCUT2D eigenvalue weighted by atomic mass is 9.74. The monoisotopic (exact) mass is 255 g/mol. The molecule has 0 saturated heterocycles. The minimum Gasteiger partial charge on any atom is -0.377 e. The molecule has 1 rings (SSSR count). The molecule has 1 unspecified atom stereocenters. The zero-order valence-corrected chi connectivity index (χ0v) is 13.0. The van der Waals surface area contributed by atoms with Crippen molar-refractivity contribution in [2.24, 2.45) is 17.8 Å². The van der Waals surface area contributed by atoms with Crippen LogP contribution in [0.15, 0.2) is 0 Å². The standard InChI is InChI=1S/C16H33NO/c1-6-17-16(11-18-13(4)5)15-9-7-14(8-10-15)12(2)3/h12-17H,6-11H2,1-5H3. The van der Waals surface area contributed by atoms with Crippen molar-refractivity contribution < 1.29 is 4.74 Å². The van der Waals surface area contributed by atoms with Crippen LogP contribution in [0.5, 0.6) is 0 Å². The summed E-state index contributed by atoms with van der Waals surface area (Å²) in [6.45, 7) is 13.1. The third kappa shape index (κ3) is 5.27. The van der Waals surface area contributed by atoms with Crippen LogP contribution in [0.3, 0.4) is 0 Å². The Hall–Kier alpha value is -0.0800. The van der Waals surface area contributed by atoms with Crippen LogP contribution in [0, 0.1) is 17.8 Å². The van der Waals surface area contributed by atoms with Crippen LogP contribution in [-0.4, -0.2) is 25.3 Å². The SMILES string of the molecule is CCNC(COC(C)C)C1CCC(C(C)C)CC1. The molecule has 1 aliphatic rings. The predicted octanol–water partition coefficient (Wildman–Crippen LogP) is 3.85. The van der Waals surface area contributed by atoms with Crippen molar-refractivity contribution in [2.75, 3.05) is 13.2 Å². The first-order chi connectivity index (χ1) is 8.54. The molecule has 2 heteroatoms. The molecule has 1 fully saturated rings. The van der Waals surface area contributed by atoms with Gasteiger partial charge in [-0.3, -0.25) is 0 Å². The number of hydrogen-bond acceptors (Lipinski definition) is 2. The molecule has 0 amide bonds. The summed E-state index contributed by atoms with van der Waals surface area (Å²) in [5, 5.41) is 3.63. The second-order valence-corrected chi connectivity index (χ2v) is 6.47. The summed E-state index contributed by atoms with van der Waals surface area (Å²) in [7, 11) is 0. The van der Waals surface area contributed by atoms with Gasteiger partial charge in [-0.2, -0.15) is 0 Å². The van der Waals surface area contributed by atoms with E-state index < -0.39 is 0 Å². The Bertz CT molecular complexity index is 207. The normalized spacial score (nSPS) is 26.8. The van der Waals surface area contributed by atoms with Crippen LogP contribution in [0.2, 0.25) is 0 Å². The number of ether oxygens (including phenoxy) is 1. The Kier molecular flexibility index (Phi) is 7.25. The Morgan fingerprint density at radius 1 is 1.00 bits per heavy atom. The van der Waals surface area contributed by atoms with E-state index in [0.29, 0.717) is 12.1 Å². The van der Waals surface area contributed by atoms with Gasteiger partial charge < -0.3 is 10.1 Å². The summed E-state index contributed by atoms with van der Waals surface area (Å²) in [6, 6.07) is 0.561. The van der Waals surface area contributed by atoms with E-state index in [1.807, 2.05) is 0 Å². The van der Waals surface area contributed by atoms with Gasteiger partial charge in [0.15, 0.2) is 0 Å².